The van der Waals surface area contributed by atoms with E-state index in [9.17, 15) is 18.0 Å². The number of carbonyl (C=O) groups excluding carboxylic acids is 1. The van der Waals surface area contributed by atoms with Gasteiger partial charge in [0.2, 0.25) is 0 Å². The van der Waals surface area contributed by atoms with Crippen molar-refractivity contribution >= 4 is 5.91 Å². The maximum absolute atomic E-state index is 12.0. The molecule has 0 aromatic heterocycles. The molecule has 0 saturated carbocycles. The van der Waals surface area contributed by atoms with Gasteiger partial charge in [-0.15, -0.1) is 0 Å². The molecule has 0 aromatic carbocycles. The number of rotatable bonds is 3. The first-order valence-electron chi connectivity index (χ1n) is 4.81. The first-order valence-corrected chi connectivity index (χ1v) is 4.81. The van der Waals surface area contributed by atoms with Gasteiger partial charge in [-0.3, -0.25) is 4.79 Å². The van der Waals surface area contributed by atoms with Gasteiger partial charge in [0, 0.05) is 25.1 Å². The highest BCUT2D eigenvalue weighted by Crippen LogP contribution is 2.38. The first-order chi connectivity index (χ1) is 6.84. The molecule has 1 heterocycles. The number of nitrogens with zero attached hydrogens (tertiary/aromatic N) is 1. The van der Waals surface area contributed by atoms with Gasteiger partial charge in [0.1, 0.15) is 0 Å². The molecule has 1 saturated heterocycles. The van der Waals surface area contributed by atoms with E-state index in [1.54, 1.807) is 0 Å². The summed E-state index contributed by atoms with van der Waals surface area (Å²) in [5.74, 6) is -1.77. The molecule has 0 radical (unpaired) electrons. The number of amides is 1. The Labute approximate surface area is 85.9 Å². The molecular formula is C9H14F3NO2. The van der Waals surface area contributed by atoms with Crippen LogP contribution in [0.15, 0.2) is 0 Å². The monoisotopic (exact) mass is 225 g/mol. The van der Waals surface area contributed by atoms with Gasteiger partial charge in [-0.1, -0.05) is 6.92 Å². The van der Waals surface area contributed by atoms with Crippen molar-refractivity contribution in [1.29, 1.82) is 0 Å². The van der Waals surface area contributed by atoms with Crippen molar-refractivity contribution in [3.63, 3.8) is 0 Å². The second-order valence-electron chi connectivity index (χ2n) is 3.99. The molecule has 0 atom stereocenters. The Kier molecular flexibility index (Phi) is 3.28. The van der Waals surface area contributed by atoms with E-state index in [1.807, 2.05) is 6.92 Å². The molecule has 0 aromatic rings. The molecule has 0 unspecified atom stereocenters. The van der Waals surface area contributed by atoms with Gasteiger partial charge in [-0.25, -0.2) is 0 Å². The predicted molar refractivity (Wildman–Crippen MR) is 47.1 cm³/mol. The smallest absolute Gasteiger partial charge is 0.396 e. The van der Waals surface area contributed by atoms with Crippen molar-refractivity contribution < 1.29 is 23.1 Å². The molecule has 1 rings (SSSR count). The summed E-state index contributed by atoms with van der Waals surface area (Å²) in [6, 6.07) is 0. The van der Waals surface area contributed by atoms with Crippen molar-refractivity contribution in [2.45, 2.75) is 25.9 Å². The third-order valence-corrected chi connectivity index (χ3v) is 2.97. The summed E-state index contributed by atoms with van der Waals surface area (Å²) in [6.45, 7) is 2.00. The quantitative estimate of drug-likeness (QED) is 0.783. The molecule has 88 valence electrons. The molecule has 1 N–H and O–H groups in total. The van der Waals surface area contributed by atoms with Gasteiger partial charge in [-0.2, -0.15) is 13.2 Å². The third-order valence-electron chi connectivity index (χ3n) is 2.97. The molecule has 1 fully saturated rings. The van der Waals surface area contributed by atoms with Gasteiger partial charge in [0.25, 0.3) is 0 Å². The topological polar surface area (TPSA) is 40.5 Å². The standard InChI is InChI=1S/C9H14F3NO2/c1-2-8(3-4-14)5-13(6-8)7(15)9(10,11)12/h14H,2-6H2,1H3. The zero-order valence-corrected chi connectivity index (χ0v) is 8.47. The van der Waals surface area contributed by atoms with Crippen LogP contribution in [0.1, 0.15) is 19.8 Å². The number of aliphatic hydroxyl groups is 1. The number of hydrogen-bond acceptors (Lipinski definition) is 2. The van der Waals surface area contributed by atoms with Crippen molar-refractivity contribution in [1.82, 2.24) is 4.90 Å². The SMILES string of the molecule is CCC1(CCO)CN(C(=O)C(F)(F)F)C1. The van der Waals surface area contributed by atoms with Crippen molar-refractivity contribution in [2.75, 3.05) is 19.7 Å². The fourth-order valence-corrected chi connectivity index (χ4v) is 1.88. The lowest BCUT2D eigenvalue weighted by Gasteiger charge is -2.50. The van der Waals surface area contributed by atoms with Crippen LogP contribution in [0.5, 0.6) is 0 Å². The minimum atomic E-state index is -4.78. The summed E-state index contributed by atoms with van der Waals surface area (Å²) in [7, 11) is 0. The maximum atomic E-state index is 12.0. The normalized spacial score (nSPS) is 19.9. The molecule has 1 aliphatic rings. The average molecular weight is 225 g/mol. The van der Waals surface area contributed by atoms with Crippen LogP contribution in [0.3, 0.4) is 0 Å². The Morgan fingerprint density at radius 2 is 2.00 bits per heavy atom. The lowest BCUT2D eigenvalue weighted by atomic mass is 9.75. The highest BCUT2D eigenvalue weighted by atomic mass is 19.4. The molecule has 0 aliphatic carbocycles. The van der Waals surface area contributed by atoms with Crippen LogP contribution in [0.2, 0.25) is 0 Å². The molecule has 0 spiro atoms. The van der Waals surface area contributed by atoms with Crippen LogP contribution < -0.4 is 0 Å². The summed E-state index contributed by atoms with van der Waals surface area (Å²) in [4.78, 5) is 11.6. The van der Waals surface area contributed by atoms with E-state index in [-0.39, 0.29) is 25.1 Å². The van der Waals surface area contributed by atoms with Crippen LogP contribution in [0.4, 0.5) is 13.2 Å². The summed E-state index contributed by atoms with van der Waals surface area (Å²) in [5.41, 5.74) is -0.310. The molecule has 1 aliphatic heterocycles. The van der Waals surface area contributed by atoms with Gasteiger partial charge in [0.15, 0.2) is 0 Å². The van der Waals surface area contributed by atoms with E-state index in [2.05, 4.69) is 0 Å². The predicted octanol–water partition coefficient (Wildman–Crippen LogP) is 1.17. The number of likely N-dealkylation sites (tertiary alicyclic amines) is 1. The van der Waals surface area contributed by atoms with Gasteiger partial charge >= 0.3 is 12.1 Å². The average Bonchev–Trinajstić information content (AvgIpc) is 2.08. The summed E-state index contributed by atoms with van der Waals surface area (Å²) < 4.78 is 36.1. The minimum absolute atomic E-state index is 0.0537. The van der Waals surface area contributed by atoms with Gasteiger partial charge < -0.3 is 10.0 Å². The van der Waals surface area contributed by atoms with E-state index in [0.29, 0.717) is 12.8 Å². The van der Waals surface area contributed by atoms with E-state index in [1.165, 1.54) is 0 Å². The zero-order chi connectivity index (χ0) is 11.7. The summed E-state index contributed by atoms with van der Waals surface area (Å²) in [6.07, 6.45) is -3.65. The molecular weight excluding hydrogens is 211 g/mol. The Hall–Kier alpha value is -0.780. The number of aliphatic hydroxyl groups excluding tert-OH is 1. The Morgan fingerprint density at radius 3 is 2.33 bits per heavy atom. The second-order valence-corrected chi connectivity index (χ2v) is 3.99. The van der Waals surface area contributed by atoms with Crippen LogP contribution >= 0.6 is 0 Å². The Bertz CT molecular complexity index is 246. The number of alkyl halides is 3. The fourth-order valence-electron chi connectivity index (χ4n) is 1.88. The fraction of sp³-hybridized carbons (Fsp3) is 0.889. The lowest BCUT2D eigenvalue weighted by Crippen LogP contribution is -2.61. The second kappa shape index (κ2) is 4.00. The van der Waals surface area contributed by atoms with Crippen LogP contribution in [0.25, 0.3) is 0 Å². The summed E-state index contributed by atoms with van der Waals surface area (Å²) in [5, 5.41) is 8.76. The molecule has 1 amide bonds. The Balaban J connectivity index is 2.52. The van der Waals surface area contributed by atoms with Crippen LogP contribution in [-0.2, 0) is 4.79 Å². The number of hydrogen-bond donors (Lipinski definition) is 1. The molecule has 3 nitrogen and oxygen atoms in total. The molecule has 0 bridgehead atoms. The molecule has 6 heteroatoms. The molecule has 15 heavy (non-hydrogen) atoms. The minimum Gasteiger partial charge on any atom is -0.396 e. The number of halogens is 3. The van der Waals surface area contributed by atoms with E-state index < -0.39 is 12.1 Å². The largest absolute Gasteiger partial charge is 0.471 e. The summed E-state index contributed by atoms with van der Waals surface area (Å²) >= 11 is 0. The maximum Gasteiger partial charge on any atom is 0.471 e. The van der Waals surface area contributed by atoms with E-state index >= 15 is 0 Å². The van der Waals surface area contributed by atoms with Crippen LogP contribution in [0, 0.1) is 5.41 Å². The highest BCUT2D eigenvalue weighted by Gasteiger charge is 2.51. The van der Waals surface area contributed by atoms with Crippen molar-refractivity contribution in [3.8, 4) is 0 Å². The Morgan fingerprint density at radius 1 is 1.47 bits per heavy atom. The highest BCUT2D eigenvalue weighted by molar-refractivity contribution is 5.82. The lowest BCUT2D eigenvalue weighted by molar-refractivity contribution is -0.197. The zero-order valence-electron chi connectivity index (χ0n) is 8.47. The van der Waals surface area contributed by atoms with E-state index in [0.717, 1.165) is 4.90 Å². The number of carbonyl (C=O) groups is 1. The van der Waals surface area contributed by atoms with Crippen molar-refractivity contribution in [3.05, 3.63) is 0 Å². The van der Waals surface area contributed by atoms with Gasteiger partial charge in [-0.05, 0) is 12.8 Å². The van der Waals surface area contributed by atoms with E-state index in [4.69, 9.17) is 5.11 Å². The van der Waals surface area contributed by atoms with Crippen LogP contribution in [-0.4, -0.2) is 41.8 Å². The third kappa shape index (κ3) is 2.42. The van der Waals surface area contributed by atoms with Gasteiger partial charge in [0.05, 0.1) is 0 Å². The van der Waals surface area contributed by atoms with Crippen molar-refractivity contribution in [2.24, 2.45) is 5.41 Å². The first kappa shape index (κ1) is 12.3.